The van der Waals surface area contributed by atoms with Crippen LogP contribution in [0.2, 0.25) is 0 Å². The van der Waals surface area contributed by atoms with Crippen molar-refractivity contribution in [2.24, 2.45) is 0 Å². The summed E-state index contributed by atoms with van der Waals surface area (Å²) in [5.41, 5.74) is 0. The Labute approximate surface area is 124 Å². The smallest absolute Gasteiger partial charge is 0.263 e. The van der Waals surface area contributed by atoms with E-state index in [-0.39, 0.29) is 16.0 Å². The highest BCUT2D eigenvalue weighted by Crippen LogP contribution is 2.19. The number of carbonyl (C=O) groups is 1. The van der Waals surface area contributed by atoms with E-state index in [9.17, 15) is 13.2 Å². The maximum absolute atomic E-state index is 11.8. The van der Waals surface area contributed by atoms with Crippen LogP contribution in [0.1, 0.15) is 42.8 Å². The SMILES string of the molecule is CCC/C=C\CCNC(=O)c1cnc(S(=O)(=O)CC)s1. The first-order chi connectivity index (χ1) is 9.51. The molecule has 1 N–H and O–H groups in total. The fourth-order valence-corrected chi connectivity index (χ4v) is 3.54. The van der Waals surface area contributed by atoms with Gasteiger partial charge in [0.25, 0.3) is 5.91 Å². The van der Waals surface area contributed by atoms with Crippen molar-refractivity contribution in [1.29, 1.82) is 0 Å². The lowest BCUT2D eigenvalue weighted by molar-refractivity contribution is 0.0958. The molecule has 0 bridgehead atoms. The number of hydrogen-bond acceptors (Lipinski definition) is 5. The first-order valence-electron chi connectivity index (χ1n) is 6.63. The third-order valence-corrected chi connectivity index (χ3v) is 5.77. The summed E-state index contributed by atoms with van der Waals surface area (Å²) in [6.07, 6.45) is 8.35. The maximum atomic E-state index is 11.8. The number of carbonyl (C=O) groups excluding carboxylic acids is 1. The number of sulfone groups is 1. The second-order valence-corrected chi connectivity index (χ2v) is 7.68. The molecule has 0 aliphatic rings. The molecular weight excluding hydrogens is 296 g/mol. The topological polar surface area (TPSA) is 76.1 Å². The van der Waals surface area contributed by atoms with Crippen molar-refractivity contribution >= 4 is 27.1 Å². The average Bonchev–Trinajstić information content (AvgIpc) is 2.93. The highest BCUT2D eigenvalue weighted by Gasteiger charge is 2.18. The lowest BCUT2D eigenvalue weighted by atomic mass is 10.3. The van der Waals surface area contributed by atoms with E-state index in [1.807, 2.05) is 6.08 Å². The number of nitrogens with one attached hydrogen (secondary N) is 1. The molecule has 0 atom stereocenters. The lowest BCUT2D eigenvalue weighted by Crippen LogP contribution is -2.23. The fourth-order valence-electron chi connectivity index (χ4n) is 1.39. The van der Waals surface area contributed by atoms with E-state index in [1.54, 1.807) is 6.92 Å². The summed E-state index contributed by atoms with van der Waals surface area (Å²) in [7, 11) is -3.33. The third kappa shape index (κ3) is 5.05. The van der Waals surface area contributed by atoms with Crippen molar-refractivity contribution in [2.45, 2.75) is 37.4 Å². The average molecular weight is 316 g/mol. The Bertz CT molecular complexity index is 562. The zero-order valence-corrected chi connectivity index (χ0v) is 13.4. The van der Waals surface area contributed by atoms with E-state index in [4.69, 9.17) is 0 Å². The highest BCUT2D eigenvalue weighted by atomic mass is 32.2. The molecule has 5 nitrogen and oxygen atoms in total. The van der Waals surface area contributed by atoms with Gasteiger partial charge in [-0.2, -0.15) is 0 Å². The standard InChI is InChI=1S/C13H20N2O3S2/c1-3-5-6-7-8-9-14-12(16)11-10-15-13(19-11)20(17,18)4-2/h6-7,10H,3-5,8-9H2,1-2H3,(H,14,16)/b7-6-. The molecule has 1 aromatic rings. The van der Waals surface area contributed by atoms with Gasteiger partial charge >= 0.3 is 0 Å². The first kappa shape index (κ1) is 16.8. The number of amides is 1. The van der Waals surface area contributed by atoms with Crippen LogP contribution in [-0.2, 0) is 9.84 Å². The Morgan fingerprint density at radius 2 is 2.05 bits per heavy atom. The molecule has 0 unspecified atom stereocenters. The minimum atomic E-state index is -3.33. The van der Waals surface area contributed by atoms with Crippen LogP contribution in [0.5, 0.6) is 0 Å². The zero-order valence-electron chi connectivity index (χ0n) is 11.8. The predicted octanol–water partition coefficient (Wildman–Crippen LogP) is 2.41. The summed E-state index contributed by atoms with van der Waals surface area (Å²) in [5, 5.41) is 2.74. The van der Waals surface area contributed by atoms with Gasteiger partial charge in [0, 0.05) is 6.54 Å². The quantitative estimate of drug-likeness (QED) is 0.590. The zero-order chi connectivity index (χ0) is 15.0. The van der Waals surface area contributed by atoms with E-state index in [0.29, 0.717) is 11.4 Å². The van der Waals surface area contributed by atoms with Crippen molar-refractivity contribution in [3.05, 3.63) is 23.2 Å². The molecule has 1 heterocycles. The van der Waals surface area contributed by atoms with Crippen molar-refractivity contribution < 1.29 is 13.2 Å². The molecule has 1 amide bonds. The molecule has 0 saturated carbocycles. The van der Waals surface area contributed by atoms with Crippen LogP contribution in [0.15, 0.2) is 22.7 Å². The van der Waals surface area contributed by atoms with Crippen molar-refractivity contribution in [2.75, 3.05) is 12.3 Å². The highest BCUT2D eigenvalue weighted by molar-refractivity contribution is 7.93. The number of unbranched alkanes of at least 4 members (excludes halogenated alkanes) is 1. The minimum Gasteiger partial charge on any atom is -0.351 e. The molecule has 0 aliphatic heterocycles. The molecule has 7 heteroatoms. The molecule has 1 rings (SSSR count). The van der Waals surface area contributed by atoms with E-state index in [2.05, 4.69) is 23.3 Å². The number of rotatable bonds is 8. The van der Waals surface area contributed by atoms with Crippen molar-refractivity contribution in [1.82, 2.24) is 10.3 Å². The van der Waals surface area contributed by atoms with Crippen LogP contribution in [0.4, 0.5) is 0 Å². The summed E-state index contributed by atoms with van der Waals surface area (Å²) < 4.78 is 23.2. The number of thiazole rings is 1. The summed E-state index contributed by atoms with van der Waals surface area (Å²) in [6.45, 7) is 4.20. The molecule has 20 heavy (non-hydrogen) atoms. The van der Waals surface area contributed by atoms with Gasteiger partial charge in [-0.1, -0.05) is 43.8 Å². The predicted molar refractivity (Wildman–Crippen MR) is 80.8 cm³/mol. The molecule has 112 valence electrons. The van der Waals surface area contributed by atoms with Crippen molar-refractivity contribution in [3.8, 4) is 0 Å². The number of aromatic nitrogens is 1. The second kappa shape index (κ2) is 8.16. The van der Waals surface area contributed by atoms with Gasteiger partial charge in [0.2, 0.25) is 14.2 Å². The maximum Gasteiger partial charge on any atom is 0.263 e. The summed E-state index contributed by atoms with van der Waals surface area (Å²) in [5.74, 6) is -0.284. The number of hydrogen-bond donors (Lipinski definition) is 1. The van der Waals surface area contributed by atoms with Gasteiger partial charge in [0.1, 0.15) is 4.88 Å². The third-order valence-electron chi connectivity index (χ3n) is 2.57. The molecule has 1 aromatic heterocycles. The largest absolute Gasteiger partial charge is 0.351 e. The van der Waals surface area contributed by atoms with Gasteiger partial charge in [-0.3, -0.25) is 4.79 Å². The van der Waals surface area contributed by atoms with Crippen LogP contribution in [0, 0.1) is 0 Å². The Balaban J connectivity index is 2.49. The Hall–Kier alpha value is -1.21. The van der Waals surface area contributed by atoms with Gasteiger partial charge in [0.15, 0.2) is 0 Å². The van der Waals surface area contributed by atoms with E-state index in [1.165, 1.54) is 6.20 Å². The van der Waals surface area contributed by atoms with E-state index in [0.717, 1.165) is 30.6 Å². The molecule has 0 aromatic carbocycles. The van der Waals surface area contributed by atoms with Crippen LogP contribution in [0.3, 0.4) is 0 Å². The Morgan fingerprint density at radius 1 is 1.35 bits per heavy atom. The van der Waals surface area contributed by atoms with E-state index >= 15 is 0 Å². The van der Waals surface area contributed by atoms with Gasteiger partial charge < -0.3 is 5.32 Å². The summed E-state index contributed by atoms with van der Waals surface area (Å²) in [4.78, 5) is 15.9. The number of allylic oxidation sites excluding steroid dienone is 1. The van der Waals surface area contributed by atoms with Gasteiger partial charge in [-0.05, 0) is 12.8 Å². The molecule has 0 spiro atoms. The number of nitrogens with zero attached hydrogens (tertiary/aromatic N) is 1. The summed E-state index contributed by atoms with van der Waals surface area (Å²) in [6, 6.07) is 0. The minimum absolute atomic E-state index is 0.00740. The van der Waals surface area contributed by atoms with Crippen molar-refractivity contribution in [3.63, 3.8) is 0 Å². The first-order valence-corrected chi connectivity index (χ1v) is 9.10. The Kier molecular flexibility index (Phi) is 6.87. The lowest BCUT2D eigenvalue weighted by Gasteiger charge is -1.99. The van der Waals surface area contributed by atoms with Gasteiger partial charge in [0.05, 0.1) is 11.9 Å². The molecular formula is C13H20N2O3S2. The molecule has 0 radical (unpaired) electrons. The summed E-state index contributed by atoms with van der Waals surface area (Å²) >= 11 is 0.915. The van der Waals surface area contributed by atoms with Crippen LogP contribution in [-0.4, -0.2) is 31.6 Å². The fraction of sp³-hybridized carbons (Fsp3) is 0.538. The van der Waals surface area contributed by atoms with Gasteiger partial charge in [-0.15, -0.1) is 0 Å². The van der Waals surface area contributed by atoms with Crippen LogP contribution < -0.4 is 5.32 Å². The normalized spacial score (nSPS) is 11.9. The van der Waals surface area contributed by atoms with E-state index < -0.39 is 9.84 Å². The molecule has 0 fully saturated rings. The molecule has 0 aliphatic carbocycles. The van der Waals surface area contributed by atoms with Gasteiger partial charge in [-0.25, -0.2) is 13.4 Å². The Morgan fingerprint density at radius 3 is 2.70 bits per heavy atom. The van der Waals surface area contributed by atoms with Crippen LogP contribution in [0.25, 0.3) is 0 Å². The monoisotopic (exact) mass is 316 g/mol. The van der Waals surface area contributed by atoms with Crippen LogP contribution >= 0.6 is 11.3 Å². The second-order valence-electron chi connectivity index (χ2n) is 4.20. The molecule has 0 saturated heterocycles.